The van der Waals surface area contributed by atoms with Crippen molar-refractivity contribution in [2.75, 3.05) is 6.61 Å². The lowest BCUT2D eigenvalue weighted by Gasteiger charge is -2.46. The first-order valence-corrected chi connectivity index (χ1v) is 12.1. The van der Waals surface area contributed by atoms with Crippen LogP contribution in [-0.2, 0) is 53.0 Å². The lowest BCUT2D eigenvalue weighted by atomic mass is 9.95. The van der Waals surface area contributed by atoms with Gasteiger partial charge in [0.15, 0.2) is 24.8 Å². The highest BCUT2D eigenvalue weighted by Gasteiger charge is 2.55. The standard InChI is InChI=1S/C14H23NO18S2/c1-3(17)15-5-6(18)8(32-34(23,24)25)4(2-16)29-14(5)31-9-7(19)10(33-35(26,27)28)13(22)30-11(9)12(20)21/h4-11,13-14,16,18-19,22H,2H2,1H3,(H,15,17)(H,20,21)(H,23,24,25)(H,26,27,28)/t4-,5-,6-,7+,8+,9+,10-,11-,13-,14+/m1/s1. The van der Waals surface area contributed by atoms with Crippen LogP contribution in [0.2, 0.25) is 0 Å². The van der Waals surface area contributed by atoms with Gasteiger partial charge in [-0.3, -0.25) is 13.9 Å². The van der Waals surface area contributed by atoms with Gasteiger partial charge in [0.25, 0.3) is 0 Å². The molecule has 0 aromatic heterocycles. The Hall–Kier alpha value is -1.60. The van der Waals surface area contributed by atoms with E-state index in [4.69, 9.17) is 23.3 Å². The highest BCUT2D eigenvalue weighted by Crippen LogP contribution is 2.31. The number of carboxylic acid groups (broad SMARTS) is 1. The van der Waals surface area contributed by atoms with Crippen molar-refractivity contribution in [1.29, 1.82) is 0 Å². The normalized spacial score (nSPS) is 38.6. The maximum Gasteiger partial charge on any atom is 0.397 e. The Morgan fingerprint density at radius 3 is 1.91 bits per heavy atom. The second-order valence-electron chi connectivity index (χ2n) is 7.30. The highest BCUT2D eigenvalue weighted by atomic mass is 32.3. The molecule has 35 heavy (non-hydrogen) atoms. The summed E-state index contributed by atoms with van der Waals surface area (Å²) in [6.45, 7) is -0.144. The molecular weight excluding hydrogens is 534 g/mol. The summed E-state index contributed by atoms with van der Waals surface area (Å²) in [7, 11) is -10.5. The second-order valence-corrected chi connectivity index (χ2v) is 9.39. The molecule has 2 saturated heterocycles. The van der Waals surface area contributed by atoms with Gasteiger partial charge in [0, 0.05) is 6.92 Å². The van der Waals surface area contributed by atoms with Gasteiger partial charge < -0.3 is 45.1 Å². The molecule has 21 heteroatoms. The molecule has 2 fully saturated rings. The van der Waals surface area contributed by atoms with Crippen molar-refractivity contribution in [2.24, 2.45) is 0 Å². The number of aliphatic carboxylic acids is 1. The molecule has 0 saturated carbocycles. The summed E-state index contributed by atoms with van der Waals surface area (Å²) < 4.78 is 85.7. The minimum Gasteiger partial charge on any atom is -0.479 e. The quantitative estimate of drug-likeness (QED) is 0.123. The first kappa shape index (κ1) is 29.6. The summed E-state index contributed by atoms with van der Waals surface area (Å²) in [5.74, 6) is -2.74. The van der Waals surface area contributed by atoms with Crippen LogP contribution in [0.4, 0.5) is 0 Å². The summed E-state index contributed by atoms with van der Waals surface area (Å²) >= 11 is 0. The first-order valence-electron chi connectivity index (χ1n) is 9.38. The van der Waals surface area contributed by atoms with Crippen LogP contribution in [0.15, 0.2) is 0 Å². The number of carboxylic acids is 1. The van der Waals surface area contributed by atoms with E-state index in [0.29, 0.717) is 0 Å². The fourth-order valence-corrected chi connectivity index (χ4v) is 4.43. The topological polar surface area (TPSA) is 302 Å². The largest absolute Gasteiger partial charge is 0.479 e. The fourth-order valence-electron chi connectivity index (χ4n) is 3.42. The monoisotopic (exact) mass is 557 g/mol. The number of carbonyl (C=O) groups excluding carboxylic acids is 1. The molecule has 204 valence electrons. The average Bonchev–Trinajstić information content (AvgIpc) is 2.69. The van der Waals surface area contributed by atoms with Gasteiger partial charge in [0.05, 0.1) is 6.61 Å². The Morgan fingerprint density at radius 2 is 1.46 bits per heavy atom. The summed E-state index contributed by atoms with van der Waals surface area (Å²) in [6, 6.07) is -1.81. The average molecular weight is 557 g/mol. The molecule has 0 aliphatic carbocycles. The van der Waals surface area contributed by atoms with Gasteiger partial charge in [-0.15, -0.1) is 0 Å². The zero-order chi connectivity index (χ0) is 26.9. The first-order chi connectivity index (χ1) is 15.9. The minimum atomic E-state index is -5.32. The van der Waals surface area contributed by atoms with Crippen molar-refractivity contribution in [3.05, 3.63) is 0 Å². The van der Waals surface area contributed by atoms with E-state index < -0.39 is 101 Å². The predicted octanol–water partition coefficient (Wildman–Crippen LogP) is -5.51. The molecule has 0 radical (unpaired) electrons. The van der Waals surface area contributed by atoms with E-state index >= 15 is 0 Å². The Kier molecular flexibility index (Phi) is 9.48. The van der Waals surface area contributed by atoms with E-state index in [0.717, 1.165) is 6.92 Å². The Morgan fingerprint density at radius 1 is 0.914 bits per heavy atom. The number of nitrogens with one attached hydrogen (secondary N) is 1. The molecule has 2 rings (SSSR count). The number of ether oxygens (including phenoxy) is 3. The molecule has 2 heterocycles. The number of amides is 1. The maximum absolute atomic E-state index is 11.6. The van der Waals surface area contributed by atoms with E-state index in [1.54, 1.807) is 0 Å². The van der Waals surface area contributed by atoms with Crippen LogP contribution in [0.3, 0.4) is 0 Å². The lowest BCUT2D eigenvalue weighted by molar-refractivity contribution is -0.331. The van der Waals surface area contributed by atoms with Crippen molar-refractivity contribution >= 4 is 32.7 Å². The molecule has 0 aromatic carbocycles. The number of carbonyl (C=O) groups is 2. The Balaban J connectivity index is 2.42. The van der Waals surface area contributed by atoms with Crippen LogP contribution in [0, 0.1) is 0 Å². The molecule has 0 aromatic rings. The maximum atomic E-state index is 11.6. The molecule has 8 N–H and O–H groups in total. The third-order valence-corrected chi connectivity index (χ3v) is 5.69. The third-order valence-electron chi connectivity index (χ3n) is 4.76. The van der Waals surface area contributed by atoms with Gasteiger partial charge in [-0.25, -0.2) is 13.2 Å². The van der Waals surface area contributed by atoms with Gasteiger partial charge in [0.1, 0.15) is 36.6 Å². The highest BCUT2D eigenvalue weighted by molar-refractivity contribution is 7.81. The van der Waals surface area contributed by atoms with E-state index in [1.807, 2.05) is 0 Å². The number of hydrogen-bond donors (Lipinski definition) is 8. The summed E-state index contributed by atoms with van der Waals surface area (Å²) in [5.41, 5.74) is 0. The minimum absolute atomic E-state index is 0.877. The number of hydrogen-bond acceptors (Lipinski definition) is 15. The van der Waals surface area contributed by atoms with Crippen LogP contribution < -0.4 is 5.32 Å². The fraction of sp³-hybridized carbons (Fsp3) is 0.857. The van der Waals surface area contributed by atoms with E-state index in [-0.39, 0.29) is 0 Å². The summed E-state index contributed by atoms with van der Waals surface area (Å²) in [6.07, 6.45) is -19.5. The smallest absolute Gasteiger partial charge is 0.397 e. The van der Waals surface area contributed by atoms with Gasteiger partial charge in [0.2, 0.25) is 5.91 Å². The van der Waals surface area contributed by atoms with Crippen molar-refractivity contribution in [3.63, 3.8) is 0 Å². The number of rotatable bonds is 9. The third kappa shape index (κ3) is 7.69. The van der Waals surface area contributed by atoms with Crippen LogP contribution in [-0.4, -0.2) is 131 Å². The van der Waals surface area contributed by atoms with Crippen molar-refractivity contribution in [2.45, 2.75) is 68.3 Å². The van der Waals surface area contributed by atoms with Crippen LogP contribution in [0.1, 0.15) is 6.92 Å². The van der Waals surface area contributed by atoms with Gasteiger partial charge in [-0.05, 0) is 0 Å². The molecule has 0 bridgehead atoms. The van der Waals surface area contributed by atoms with Crippen LogP contribution in [0.5, 0.6) is 0 Å². The summed E-state index contributed by atoms with van der Waals surface area (Å²) in [4.78, 5) is 23.2. The summed E-state index contributed by atoms with van der Waals surface area (Å²) in [5, 5.41) is 51.8. The Bertz CT molecular complexity index is 985. The van der Waals surface area contributed by atoms with Crippen LogP contribution in [0.25, 0.3) is 0 Å². The lowest BCUT2D eigenvalue weighted by Crippen LogP contribution is -2.68. The van der Waals surface area contributed by atoms with Gasteiger partial charge >= 0.3 is 26.8 Å². The molecule has 19 nitrogen and oxygen atoms in total. The molecule has 0 unspecified atom stereocenters. The molecular formula is C14H23NO18S2. The van der Waals surface area contributed by atoms with Crippen molar-refractivity contribution < 1.29 is 83.6 Å². The molecule has 0 spiro atoms. The molecule has 1 amide bonds. The van der Waals surface area contributed by atoms with E-state index in [1.165, 1.54) is 0 Å². The second kappa shape index (κ2) is 11.2. The van der Waals surface area contributed by atoms with E-state index in [9.17, 15) is 52.0 Å². The Labute approximate surface area is 197 Å². The zero-order valence-electron chi connectivity index (χ0n) is 17.4. The number of aliphatic hydroxyl groups excluding tert-OH is 4. The number of aliphatic hydroxyl groups is 4. The van der Waals surface area contributed by atoms with Crippen molar-refractivity contribution in [3.8, 4) is 0 Å². The van der Waals surface area contributed by atoms with Gasteiger partial charge in [-0.1, -0.05) is 0 Å². The molecule has 10 atom stereocenters. The van der Waals surface area contributed by atoms with Crippen LogP contribution >= 0.6 is 0 Å². The molecule has 2 aliphatic heterocycles. The van der Waals surface area contributed by atoms with Gasteiger partial charge in [-0.2, -0.15) is 16.8 Å². The molecule has 2 aliphatic rings. The zero-order valence-corrected chi connectivity index (χ0v) is 19.1. The van der Waals surface area contributed by atoms with Crippen molar-refractivity contribution in [1.82, 2.24) is 5.32 Å². The predicted molar refractivity (Wildman–Crippen MR) is 102 cm³/mol. The SMILES string of the molecule is CC(=O)N[C@H]1[C@H](O[C@H]2[C@H](O)[C@@H](OS(=O)(=O)O)[C@H](O)O[C@H]2C(=O)O)O[C@H](CO)[C@H](OS(=O)(=O)O)[C@@H]1O. The van der Waals surface area contributed by atoms with E-state index in [2.05, 4.69) is 13.7 Å².